The fourth-order valence-corrected chi connectivity index (χ4v) is 3.32. The highest BCUT2D eigenvalue weighted by Gasteiger charge is 2.25. The lowest BCUT2D eigenvalue weighted by molar-refractivity contribution is 0.182. The van der Waals surface area contributed by atoms with Crippen LogP contribution in [-0.4, -0.2) is 12.6 Å². The third kappa shape index (κ3) is 3.22. The molecule has 0 fully saturated rings. The van der Waals surface area contributed by atoms with Gasteiger partial charge in [0, 0.05) is 16.0 Å². The Labute approximate surface area is 142 Å². The summed E-state index contributed by atoms with van der Waals surface area (Å²) in [5.74, 6) is 0.178. The summed E-state index contributed by atoms with van der Waals surface area (Å²) in [6.45, 7) is 0.225. The monoisotopic (exact) mass is 351 g/mol. The summed E-state index contributed by atoms with van der Waals surface area (Å²) < 4.78 is 19.9. The van der Waals surface area contributed by atoms with Crippen molar-refractivity contribution in [2.75, 3.05) is 6.54 Å². The molecule has 4 nitrogen and oxygen atoms in total. The molecule has 0 bridgehead atoms. The van der Waals surface area contributed by atoms with Gasteiger partial charge in [-0.2, -0.15) is 0 Å². The number of benzene rings is 2. The summed E-state index contributed by atoms with van der Waals surface area (Å²) in [6, 6.07) is 7.93. The van der Waals surface area contributed by atoms with Crippen molar-refractivity contribution in [1.82, 2.24) is 0 Å². The van der Waals surface area contributed by atoms with Crippen LogP contribution in [-0.2, 0) is 6.42 Å². The largest absolute Gasteiger partial charge is 0.489 e. The number of azide groups is 1. The average Bonchev–Trinajstić information content (AvgIpc) is 2.52. The van der Waals surface area contributed by atoms with Gasteiger partial charge in [0.25, 0.3) is 0 Å². The minimum Gasteiger partial charge on any atom is -0.489 e. The van der Waals surface area contributed by atoms with Gasteiger partial charge < -0.3 is 4.74 Å². The van der Waals surface area contributed by atoms with Crippen molar-refractivity contribution in [1.29, 1.82) is 0 Å². The van der Waals surface area contributed by atoms with Crippen LogP contribution < -0.4 is 4.74 Å². The third-order valence-electron chi connectivity index (χ3n) is 3.73. The van der Waals surface area contributed by atoms with Gasteiger partial charge in [0.15, 0.2) is 0 Å². The molecule has 0 unspecified atom stereocenters. The van der Waals surface area contributed by atoms with Gasteiger partial charge in [-0.3, -0.25) is 0 Å². The fraction of sp³-hybridized carbons (Fsp3) is 0.250. The number of ether oxygens (including phenoxy) is 1. The van der Waals surface area contributed by atoms with Crippen LogP contribution in [0.25, 0.3) is 21.6 Å². The van der Waals surface area contributed by atoms with Crippen molar-refractivity contribution < 1.29 is 9.13 Å². The SMILES string of the molecule is [N-]=[N+]=NC[C@H]1CCc2cc(F)cc(-c3c(Cl)cccc3Cl)c2O1. The van der Waals surface area contributed by atoms with Crippen molar-refractivity contribution in [2.24, 2.45) is 5.11 Å². The van der Waals surface area contributed by atoms with E-state index in [1.54, 1.807) is 18.2 Å². The molecule has 1 aliphatic rings. The highest BCUT2D eigenvalue weighted by Crippen LogP contribution is 2.44. The van der Waals surface area contributed by atoms with Crippen LogP contribution in [0.15, 0.2) is 35.4 Å². The molecule has 118 valence electrons. The maximum absolute atomic E-state index is 14.0. The Morgan fingerprint density at radius 3 is 2.74 bits per heavy atom. The lowest BCUT2D eigenvalue weighted by Crippen LogP contribution is -2.26. The van der Waals surface area contributed by atoms with Crippen LogP contribution in [0.3, 0.4) is 0 Å². The van der Waals surface area contributed by atoms with Gasteiger partial charge in [-0.15, -0.1) is 0 Å². The van der Waals surface area contributed by atoms with E-state index in [9.17, 15) is 4.39 Å². The maximum atomic E-state index is 14.0. The Morgan fingerprint density at radius 1 is 1.30 bits per heavy atom. The zero-order valence-electron chi connectivity index (χ0n) is 12.0. The van der Waals surface area contributed by atoms with Gasteiger partial charge in [-0.25, -0.2) is 4.39 Å². The van der Waals surface area contributed by atoms with Crippen molar-refractivity contribution >= 4 is 23.2 Å². The number of hydrogen-bond donors (Lipinski definition) is 0. The zero-order valence-corrected chi connectivity index (χ0v) is 13.5. The van der Waals surface area contributed by atoms with Crippen LogP contribution in [0.1, 0.15) is 12.0 Å². The molecule has 2 aromatic carbocycles. The molecule has 0 aliphatic carbocycles. The first-order valence-corrected chi connectivity index (χ1v) is 7.80. The van der Waals surface area contributed by atoms with Gasteiger partial charge in [-0.05, 0) is 48.2 Å². The number of hydrogen-bond acceptors (Lipinski definition) is 2. The molecule has 0 N–H and O–H groups in total. The molecule has 23 heavy (non-hydrogen) atoms. The second-order valence-electron chi connectivity index (χ2n) is 5.23. The van der Waals surface area contributed by atoms with E-state index in [-0.39, 0.29) is 18.5 Å². The predicted octanol–water partition coefficient (Wildman–Crippen LogP) is 5.80. The topological polar surface area (TPSA) is 58.0 Å². The minimum absolute atomic E-state index is 0.225. The zero-order chi connectivity index (χ0) is 16.4. The molecule has 0 saturated carbocycles. The number of halogens is 3. The fourth-order valence-electron chi connectivity index (χ4n) is 2.71. The van der Waals surface area contributed by atoms with E-state index in [1.807, 2.05) is 0 Å². The van der Waals surface area contributed by atoms with E-state index < -0.39 is 0 Å². The van der Waals surface area contributed by atoms with Gasteiger partial charge in [0.1, 0.15) is 17.7 Å². The Kier molecular flexibility index (Phi) is 4.62. The summed E-state index contributed by atoms with van der Waals surface area (Å²) in [7, 11) is 0. The maximum Gasteiger partial charge on any atom is 0.131 e. The Bertz CT molecular complexity index is 786. The van der Waals surface area contributed by atoms with Gasteiger partial charge in [-0.1, -0.05) is 34.4 Å². The standard InChI is InChI=1S/C16H12Cl2FN3O/c17-13-2-1-3-14(18)15(13)12-7-10(19)6-9-4-5-11(8-21-22-20)23-16(9)12/h1-3,6-7,11H,4-5,8H2/t11-/m1/s1. The van der Waals surface area contributed by atoms with Crippen LogP contribution >= 0.6 is 23.2 Å². The van der Waals surface area contributed by atoms with Crippen molar-refractivity contribution in [3.63, 3.8) is 0 Å². The first kappa shape index (κ1) is 15.9. The molecular formula is C16H12Cl2FN3O. The second-order valence-corrected chi connectivity index (χ2v) is 6.04. The van der Waals surface area contributed by atoms with Crippen molar-refractivity contribution in [3.05, 3.63) is 62.2 Å². The molecule has 2 aromatic rings. The van der Waals surface area contributed by atoms with E-state index in [0.717, 1.165) is 5.56 Å². The van der Waals surface area contributed by atoms with Gasteiger partial charge in [0.05, 0.1) is 16.6 Å². The Hall–Kier alpha value is -1.94. The van der Waals surface area contributed by atoms with E-state index >= 15 is 0 Å². The quantitative estimate of drug-likeness (QED) is 0.391. The number of aryl methyl sites for hydroxylation is 1. The number of fused-ring (bicyclic) bond motifs is 1. The molecular weight excluding hydrogens is 340 g/mol. The molecule has 0 saturated heterocycles. The third-order valence-corrected chi connectivity index (χ3v) is 4.36. The normalized spacial score (nSPS) is 16.2. The summed E-state index contributed by atoms with van der Waals surface area (Å²) in [5, 5.41) is 4.40. The molecule has 0 spiro atoms. The molecule has 0 aromatic heterocycles. The first-order chi connectivity index (χ1) is 11.1. The molecule has 0 radical (unpaired) electrons. The Balaban J connectivity index is 2.12. The first-order valence-electron chi connectivity index (χ1n) is 7.04. The highest BCUT2D eigenvalue weighted by molar-refractivity contribution is 6.39. The van der Waals surface area contributed by atoms with Crippen LogP contribution in [0.4, 0.5) is 4.39 Å². The Morgan fingerprint density at radius 2 is 2.04 bits per heavy atom. The highest BCUT2D eigenvalue weighted by atomic mass is 35.5. The molecule has 1 heterocycles. The van der Waals surface area contributed by atoms with Crippen molar-refractivity contribution in [3.8, 4) is 16.9 Å². The van der Waals surface area contributed by atoms with Crippen molar-refractivity contribution in [2.45, 2.75) is 18.9 Å². The van der Waals surface area contributed by atoms with Crippen LogP contribution in [0.5, 0.6) is 5.75 Å². The summed E-state index contributed by atoms with van der Waals surface area (Å²) >= 11 is 12.5. The molecule has 7 heteroatoms. The summed E-state index contributed by atoms with van der Waals surface area (Å²) in [6.07, 6.45) is 1.04. The molecule has 1 atom stereocenters. The van der Waals surface area contributed by atoms with E-state index in [1.165, 1.54) is 12.1 Å². The van der Waals surface area contributed by atoms with Crippen LogP contribution in [0, 0.1) is 5.82 Å². The average molecular weight is 352 g/mol. The van der Waals surface area contributed by atoms with E-state index in [0.29, 0.717) is 39.8 Å². The lowest BCUT2D eigenvalue weighted by atomic mass is 9.95. The van der Waals surface area contributed by atoms with E-state index in [4.69, 9.17) is 33.5 Å². The second kappa shape index (κ2) is 6.67. The number of nitrogens with zero attached hydrogens (tertiary/aromatic N) is 3. The smallest absolute Gasteiger partial charge is 0.131 e. The number of rotatable bonds is 3. The van der Waals surface area contributed by atoms with E-state index in [2.05, 4.69) is 10.0 Å². The molecule has 0 amide bonds. The molecule has 1 aliphatic heterocycles. The predicted molar refractivity (Wildman–Crippen MR) is 88.6 cm³/mol. The molecule has 3 rings (SSSR count). The summed E-state index contributed by atoms with van der Waals surface area (Å²) in [5.41, 5.74) is 10.3. The van der Waals surface area contributed by atoms with Gasteiger partial charge in [0.2, 0.25) is 0 Å². The van der Waals surface area contributed by atoms with Crippen LogP contribution in [0.2, 0.25) is 10.0 Å². The summed E-state index contributed by atoms with van der Waals surface area (Å²) in [4.78, 5) is 2.75. The van der Waals surface area contributed by atoms with Gasteiger partial charge >= 0.3 is 0 Å². The minimum atomic E-state index is -0.369. The lowest BCUT2D eigenvalue weighted by Gasteiger charge is -2.27.